The molecule has 1 aromatic carbocycles. The van der Waals surface area contributed by atoms with Crippen LogP contribution in [0, 0.1) is 11.8 Å². The number of benzene rings is 1. The molecular weight excluding hydrogens is 328 g/mol. The van der Waals surface area contributed by atoms with Gasteiger partial charge in [0.05, 0.1) is 24.5 Å². The normalized spacial score (nSPS) is 19.8. The third-order valence-electron chi connectivity index (χ3n) is 4.21. The van der Waals surface area contributed by atoms with Crippen LogP contribution in [0.3, 0.4) is 0 Å². The SMILES string of the molecule is COCOC(=O)C1CCC(C(=O)Oc2ccc(C(=O)OC)cc2)CC1. The van der Waals surface area contributed by atoms with E-state index < -0.39 is 5.97 Å². The van der Waals surface area contributed by atoms with Crippen molar-refractivity contribution in [1.29, 1.82) is 0 Å². The monoisotopic (exact) mass is 350 g/mol. The second-order valence-corrected chi connectivity index (χ2v) is 5.86. The van der Waals surface area contributed by atoms with E-state index in [1.165, 1.54) is 26.4 Å². The smallest absolute Gasteiger partial charge is 0.337 e. The topological polar surface area (TPSA) is 88.1 Å². The van der Waals surface area contributed by atoms with Crippen LogP contribution in [0.1, 0.15) is 36.0 Å². The molecular formula is C18H22O7. The second kappa shape index (κ2) is 9.17. The first-order valence-electron chi connectivity index (χ1n) is 8.10. The molecule has 0 amide bonds. The average Bonchev–Trinajstić information content (AvgIpc) is 2.66. The molecule has 0 saturated heterocycles. The Morgan fingerprint density at radius 3 is 2.00 bits per heavy atom. The molecule has 7 nitrogen and oxygen atoms in total. The Kier molecular flexibility index (Phi) is 6.94. The number of methoxy groups -OCH3 is 2. The Bertz CT molecular complexity index is 600. The maximum Gasteiger partial charge on any atom is 0.337 e. The summed E-state index contributed by atoms with van der Waals surface area (Å²) in [6, 6.07) is 6.18. The molecule has 0 radical (unpaired) electrons. The van der Waals surface area contributed by atoms with Gasteiger partial charge in [-0.15, -0.1) is 0 Å². The summed E-state index contributed by atoms with van der Waals surface area (Å²) in [4.78, 5) is 35.4. The van der Waals surface area contributed by atoms with Crippen molar-refractivity contribution < 1.29 is 33.3 Å². The minimum atomic E-state index is -0.448. The van der Waals surface area contributed by atoms with E-state index in [0.717, 1.165) is 0 Å². The van der Waals surface area contributed by atoms with Crippen LogP contribution < -0.4 is 4.74 Å². The van der Waals surface area contributed by atoms with Gasteiger partial charge < -0.3 is 18.9 Å². The van der Waals surface area contributed by atoms with E-state index in [0.29, 0.717) is 37.0 Å². The quantitative estimate of drug-likeness (QED) is 0.442. The standard InChI is InChI=1S/C18H22O7/c1-22-11-24-17(20)13-3-5-14(6-4-13)18(21)25-15-9-7-12(8-10-15)16(19)23-2/h7-10,13-14H,3-6,11H2,1-2H3. The number of carbonyl (C=O) groups excluding carboxylic acids is 3. The first-order chi connectivity index (χ1) is 12.0. The van der Waals surface area contributed by atoms with Crippen LogP contribution in [0.15, 0.2) is 24.3 Å². The fourth-order valence-electron chi connectivity index (χ4n) is 2.78. The number of ether oxygens (including phenoxy) is 4. The highest BCUT2D eigenvalue weighted by atomic mass is 16.7. The van der Waals surface area contributed by atoms with E-state index in [4.69, 9.17) is 14.2 Å². The minimum absolute atomic E-state index is 0.0532. The summed E-state index contributed by atoms with van der Waals surface area (Å²) in [6.07, 6.45) is 2.32. The highest BCUT2D eigenvalue weighted by molar-refractivity contribution is 5.89. The molecule has 1 aliphatic rings. The number of carbonyl (C=O) groups is 3. The van der Waals surface area contributed by atoms with Gasteiger partial charge in [-0.2, -0.15) is 0 Å². The molecule has 1 fully saturated rings. The average molecular weight is 350 g/mol. The van der Waals surface area contributed by atoms with E-state index in [2.05, 4.69) is 4.74 Å². The molecule has 1 saturated carbocycles. The number of hydrogen-bond acceptors (Lipinski definition) is 7. The number of rotatable bonds is 6. The third-order valence-corrected chi connectivity index (χ3v) is 4.21. The van der Waals surface area contributed by atoms with E-state index >= 15 is 0 Å². The number of esters is 3. The van der Waals surface area contributed by atoms with E-state index in [1.54, 1.807) is 12.1 Å². The molecule has 0 N–H and O–H groups in total. The molecule has 136 valence electrons. The molecule has 0 spiro atoms. The van der Waals surface area contributed by atoms with Crippen molar-refractivity contribution >= 4 is 17.9 Å². The van der Waals surface area contributed by atoms with Crippen LogP contribution in [-0.4, -0.2) is 38.9 Å². The molecule has 0 aromatic heterocycles. The summed E-state index contributed by atoms with van der Waals surface area (Å²) < 4.78 is 19.6. The molecule has 0 unspecified atom stereocenters. The van der Waals surface area contributed by atoms with Gasteiger partial charge in [-0.25, -0.2) is 4.79 Å². The maximum atomic E-state index is 12.2. The summed E-state index contributed by atoms with van der Waals surface area (Å²) in [6.45, 7) is -0.0532. The predicted molar refractivity (Wildman–Crippen MR) is 86.8 cm³/mol. The van der Waals surface area contributed by atoms with Gasteiger partial charge in [0.25, 0.3) is 0 Å². The van der Waals surface area contributed by atoms with Gasteiger partial charge in [0, 0.05) is 7.11 Å². The van der Waals surface area contributed by atoms with Crippen molar-refractivity contribution in [1.82, 2.24) is 0 Å². The zero-order valence-corrected chi connectivity index (χ0v) is 14.4. The van der Waals surface area contributed by atoms with Gasteiger partial charge in [-0.05, 0) is 49.9 Å². The Hall–Kier alpha value is -2.41. The lowest BCUT2D eigenvalue weighted by atomic mass is 9.82. The molecule has 7 heteroatoms. The molecule has 0 heterocycles. The Morgan fingerprint density at radius 2 is 1.48 bits per heavy atom. The van der Waals surface area contributed by atoms with E-state index in [-0.39, 0.29) is 30.6 Å². The third kappa shape index (κ3) is 5.29. The second-order valence-electron chi connectivity index (χ2n) is 5.86. The van der Waals surface area contributed by atoms with Gasteiger partial charge in [0.2, 0.25) is 0 Å². The van der Waals surface area contributed by atoms with Crippen LogP contribution in [0.2, 0.25) is 0 Å². The van der Waals surface area contributed by atoms with Gasteiger partial charge in [-0.1, -0.05) is 0 Å². The molecule has 0 aliphatic heterocycles. The molecule has 0 bridgehead atoms. The van der Waals surface area contributed by atoms with Gasteiger partial charge in [-0.3, -0.25) is 9.59 Å². The summed E-state index contributed by atoms with van der Waals surface area (Å²) in [5, 5.41) is 0. The van der Waals surface area contributed by atoms with Crippen molar-refractivity contribution in [3.63, 3.8) is 0 Å². The fourth-order valence-corrected chi connectivity index (χ4v) is 2.78. The van der Waals surface area contributed by atoms with Gasteiger partial charge >= 0.3 is 17.9 Å². The van der Waals surface area contributed by atoms with E-state index in [1.807, 2.05) is 0 Å². The first kappa shape index (κ1) is 18.9. The van der Waals surface area contributed by atoms with Crippen molar-refractivity contribution in [3.05, 3.63) is 29.8 Å². The zero-order valence-electron chi connectivity index (χ0n) is 14.4. The largest absolute Gasteiger partial charge is 0.465 e. The molecule has 0 atom stereocenters. The minimum Gasteiger partial charge on any atom is -0.465 e. The Labute approximate surface area is 146 Å². The van der Waals surface area contributed by atoms with Crippen LogP contribution in [-0.2, 0) is 23.8 Å². The van der Waals surface area contributed by atoms with Crippen molar-refractivity contribution in [2.45, 2.75) is 25.7 Å². The Morgan fingerprint density at radius 1 is 0.920 bits per heavy atom. The van der Waals surface area contributed by atoms with E-state index in [9.17, 15) is 14.4 Å². The van der Waals surface area contributed by atoms with Crippen molar-refractivity contribution in [2.24, 2.45) is 11.8 Å². The van der Waals surface area contributed by atoms with Crippen LogP contribution in [0.5, 0.6) is 5.75 Å². The van der Waals surface area contributed by atoms with Crippen LogP contribution in [0.25, 0.3) is 0 Å². The summed E-state index contributed by atoms with van der Waals surface area (Å²) in [7, 11) is 2.76. The molecule has 1 aliphatic carbocycles. The van der Waals surface area contributed by atoms with Crippen LogP contribution in [0.4, 0.5) is 0 Å². The van der Waals surface area contributed by atoms with Gasteiger partial charge in [0.1, 0.15) is 5.75 Å². The predicted octanol–water partition coefficient (Wildman–Crippen LogP) is 2.33. The highest BCUT2D eigenvalue weighted by Crippen LogP contribution is 2.31. The highest BCUT2D eigenvalue weighted by Gasteiger charge is 2.31. The van der Waals surface area contributed by atoms with Gasteiger partial charge in [0.15, 0.2) is 6.79 Å². The molecule has 2 rings (SSSR count). The van der Waals surface area contributed by atoms with Crippen molar-refractivity contribution in [3.8, 4) is 5.75 Å². The van der Waals surface area contributed by atoms with Crippen LogP contribution >= 0.6 is 0 Å². The number of hydrogen-bond donors (Lipinski definition) is 0. The Balaban J connectivity index is 1.82. The lowest BCUT2D eigenvalue weighted by Gasteiger charge is -2.25. The first-order valence-corrected chi connectivity index (χ1v) is 8.10. The maximum absolute atomic E-state index is 12.2. The molecule has 25 heavy (non-hydrogen) atoms. The summed E-state index contributed by atoms with van der Waals surface area (Å²) in [5.74, 6) is -1.12. The lowest BCUT2D eigenvalue weighted by Crippen LogP contribution is -2.29. The molecule has 1 aromatic rings. The summed E-state index contributed by atoms with van der Waals surface area (Å²) in [5.41, 5.74) is 0.386. The fraction of sp³-hybridized carbons (Fsp3) is 0.500. The zero-order chi connectivity index (χ0) is 18.2. The lowest BCUT2D eigenvalue weighted by molar-refractivity contribution is -0.161. The van der Waals surface area contributed by atoms with Crippen molar-refractivity contribution in [2.75, 3.05) is 21.0 Å². The summed E-state index contributed by atoms with van der Waals surface area (Å²) >= 11 is 0.